The minimum Gasteiger partial charge on any atom is -0.381 e. The summed E-state index contributed by atoms with van der Waals surface area (Å²) in [6, 6.07) is 18.0. The third-order valence-corrected chi connectivity index (χ3v) is 6.27. The molecule has 1 saturated heterocycles. The van der Waals surface area contributed by atoms with E-state index in [1.807, 2.05) is 36.5 Å². The highest BCUT2D eigenvalue weighted by Crippen LogP contribution is 2.34. The third kappa shape index (κ3) is 3.88. The first-order valence-corrected chi connectivity index (χ1v) is 11.4. The molecule has 1 aliphatic heterocycles. The summed E-state index contributed by atoms with van der Waals surface area (Å²) in [7, 11) is 0. The summed E-state index contributed by atoms with van der Waals surface area (Å²) in [5, 5.41) is 15.7. The monoisotopic (exact) mass is 452 g/mol. The number of amides is 1. The maximum atomic E-state index is 13.2. The Balaban J connectivity index is 1.31. The molecule has 1 fully saturated rings. The van der Waals surface area contributed by atoms with Crippen molar-refractivity contribution in [2.24, 2.45) is 0 Å². The molecule has 8 nitrogen and oxygen atoms in total. The number of H-pyrrole nitrogens is 2. The quantitative estimate of drug-likeness (QED) is 0.302. The molecule has 4 N–H and O–H groups in total. The van der Waals surface area contributed by atoms with Gasteiger partial charge in [-0.05, 0) is 60.4 Å². The van der Waals surface area contributed by atoms with Crippen LogP contribution in [0.2, 0.25) is 0 Å². The summed E-state index contributed by atoms with van der Waals surface area (Å²) in [6.45, 7) is 1.48. The molecule has 0 saturated carbocycles. The van der Waals surface area contributed by atoms with E-state index in [9.17, 15) is 4.79 Å². The second-order valence-electron chi connectivity index (χ2n) is 8.49. The van der Waals surface area contributed by atoms with E-state index in [0.29, 0.717) is 23.2 Å². The smallest absolute Gasteiger partial charge is 0.274 e. The van der Waals surface area contributed by atoms with E-state index >= 15 is 0 Å². The molecule has 0 atom stereocenters. The van der Waals surface area contributed by atoms with Crippen molar-refractivity contribution < 1.29 is 9.53 Å². The highest BCUT2D eigenvalue weighted by molar-refractivity contribution is 6.09. The Hall–Kier alpha value is -4.17. The van der Waals surface area contributed by atoms with Crippen LogP contribution in [0, 0.1) is 0 Å². The second kappa shape index (κ2) is 8.64. The van der Waals surface area contributed by atoms with Gasteiger partial charge in [-0.3, -0.25) is 9.89 Å². The van der Waals surface area contributed by atoms with Gasteiger partial charge in [-0.15, -0.1) is 0 Å². The number of benzene rings is 2. The summed E-state index contributed by atoms with van der Waals surface area (Å²) < 4.78 is 5.42. The first-order chi connectivity index (χ1) is 16.7. The lowest BCUT2D eigenvalue weighted by Crippen LogP contribution is -2.28. The molecule has 1 aliphatic rings. The SMILES string of the molecule is O=C(Nc1cc(-c2cccc3[nH]ccc23)cc2[nH]ncc12)c1cccc(NC2CCOCC2)n1. The molecule has 4 heterocycles. The summed E-state index contributed by atoms with van der Waals surface area (Å²) in [4.78, 5) is 21.0. The highest BCUT2D eigenvalue weighted by atomic mass is 16.5. The molecule has 0 radical (unpaired) electrons. The van der Waals surface area contributed by atoms with Gasteiger partial charge in [-0.1, -0.05) is 18.2 Å². The molecular formula is C26H24N6O2. The Kier molecular flexibility index (Phi) is 5.20. The largest absolute Gasteiger partial charge is 0.381 e. The van der Waals surface area contributed by atoms with Gasteiger partial charge in [-0.2, -0.15) is 5.10 Å². The number of anilines is 2. The number of hydrogen-bond donors (Lipinski definition) is 4. The van der Waals surface area contributed by atoms with Gasteiger partial charge in [0.25, 0.3) is 5.91 Å². The molecule has 3 aromatic heterocycles. The van der Waals surface area contributed by atoms with E-state index < -0.39 is 0 Å². The van der Waals surface area contributed by atoms with E-state index in [2.05, 4.69) is 49.0 Å². The fourth-order valence-electron chi connectivity index (χ4n) is 4.53. The van der Waals surface area contributed by atoms with Crippen LogP contribution in [0.3, 0.4) is 0 Å². The first-order valence-electron chi connectivity index (χ1n) is 11.4. The van der Waals surface area contributed by atoms with E-state index in [0.717, 1.165) is 59.0 Å². The Morgan fingerprint density at radius 1 is 1.00 bits per heavy atom. The van der Waals surface area contributed by atoms with E-state index in [-0.39, 0.29) is 5.91 Å². The van der Waals surface area contributed by atoms with Crippen molar-refractivity contribution in [2.75, 3.05) is 23.8 Å². The van der Waals surface area contributed by atoms with Gasteiger partial charge in [0.2, 0.25) is 0 Å². The first kappa shape index (κ1) is 20.4. The Morgan fingerprint density at radius 2 is 1.88 bits per heavy atom. The van der Waals surface area contributed by atoms with Crippen LogP contribution >= 0.6 is 0 Å². The zero-order chi connectivity index (χ0) is 22.9. The van der Waals surface area contributed by atoms with Gasteiger partial charge >= 0.3 is 0 Å². The van der Waals surface area contributed by atoms with Crippen molar-refractivity contribution in [3.8, 4) is 11.1 Å². The molecule has 5 aromatic rings. The minimum atomic E-state index is -0.268. The standard InChI is InChI=1S/C26H24N6O2/c33-26(22-5-2-6-25(30-22)29-17-8-11-34-12-9-17)31-23-13-16(14-24-20(23)15-28-32-24)18-3-1-4-21-19(18)7-10-27-21/h1-7,10,13-15,17,27H,8-9,11-12H2,(H,28,32)(H,29,30)(H,31,33). The second-order valence-corrected chi connectivity index (χ2v) is 8.49. The van der Waals surface area contributed by atoms with E-state index in [4.69, 9.17) is 4.74 Å². The molecule has 170 valence electrons. The van der Waals surface area contributed by atoms with Crippen molar-refractivity contribution >= 4 is 39.2 Å². The van der Waals surface area contributed by atoms with E-state index in [1.54, 1.807) is 12.3 Å². The lowest BCUT2D eigenvalue weighted by atomic mass is 9.99. The minimum absolute atomic E-state index is 0.268. The van der Waals surface area contributed by atoms with Crippen LogP contribution in [0.15, 0.2) is 67.0 Å². The van der Waals surface area contributed by atoms with Crippen molar-refractivity contribution in [1.29, 1.82) is 0 Å². The van der Waals surface area contributed by atoms with Crippen molar-refractivity contribution in [3.63, 3.8) is 0 Å². The van der Waals surface area contributed by atoms with Gasteiger partial charge in [0.15, 0.2) is 0 Å². The average molecular weight is 453 g/mol. The normalized spacial score (nSPS) is 14.5. The molecule has 1 amide bonds. The Morgan fingerprint density at radius 3 is 2.79 bits per heavy atom. The number of carbonyl (C=O) groups excluding carboxylic acids is 1. The van der Waals surface area contributed by atoms with Crippen LogP contribution in [0.25, 0.3) is 32.9 Å². The van der Waals surface area contributed by atoms with Crippen LogP contribution in [-0.2, 0) is 4.74 Å². The van der Waals surface area contributed by atoms with Gasteiger partial charge in [0, 0.05) is 41.7 Å². The maximum absolute atomic E-state index is 13.2. The fraction of sp³-hybridized carbons (Fsp3) is 0.192. The predicted octanol–water partition coefficient (Wildman–Crippen LogP) is 4.95. The molecule has 34 heavy (non-hydrogen) atoms. The molecule has 0 spiro atoms. The lowest BCUT2D eigenvalue weighted by Gasteiger charge is -2.23. The summed E-state index contributed by atoms with van der Waals surface area (Å²) >= 11 is 0. The number of pyridine rings is 1. The summed E-state index contributed by atoms with van der Waals surface area (Å²) in [6.07, 6.45) is 5.51. The number of carbonyl (C=O) groups is 1. The number of fused-ring (bicyclic) bond motifs is 2. The number of ether oxygens (including phenoxy) is 1. The zero-order valence-electron chi connectivity index (χ0n) is 18.5. The van der Waals surface area contributed by atoms with Gasteiger partial charge < -0.3 is 20.4 Å². The van der Waals surface area contributed by atoms with Crippen LogP contribution in [-0.4, -0.2) is 45.3 Å². The van der Waals surface area contributed by atoms with Gasteiger partial charge in [0.1, 0.15) is 11.5 Å². The van der Waals surface area contributed by atoms with E-state index in [1.165, 1.54) is 0 Å². The number of hydrogen-bond acceptors (Lipinski definition) is 5. The summed E-state index contributed by atoms with van der Waals surface area (Å²) in [5.41, 5.74) is 5.01. The zero-order valence-corrected chi connectivity index (χ0v) is 18.5. The molecule has 0 unspecified atom stereocenters. The van der Waals surface area contributed by atoms with Gasteiger partial charge in [0.05, 0.1) is 17.4 Å². The molecular weight excluding hydrogens is 428 g/mol. The van der Waals surface area contributed by atoms with Crippen LogP contribution in [0.5, 0.6) is 0 Å². The number of nitrogens with one attached hydrogen (secondary N) is 4. The number of nitrogens with zero attached hydrogens (tertiary/aromatic N) is 2. The Labute approximate surface area is 195 Å². The van der Waals surface area contributed by atoms with Crippen LogP contribution in [0.4, 0.5) is 11.5 Å². The van der Waals surface area contributed by atoms with Crippen LogP contribution < -0.4 is 10.6 Å². The Bertz CT molecular complexity index is 1480. The highest BCUT2D eigenvalue weighted by Gasteiger charge is 2.17. The van der Waals surface area contributed by atoms with Crippen molar-refractivity contribution in [3.05, 3.63) is 72.7 Å². The topological polar surface area (TPSA) is 108 Å². The molecule has 0 aliphatic carbocycles. The van der Waals surface area contributed by atoms with Gasteiger partial charge in [-0.25, -0.2) is 4.98 Å². The lowest BCUT2D eigenvalue weighted by molar-refractivity contribution is 0.0903. The van der Waals surface area contributed by atoms with Crippen molar-refractivity contribution in [1.82, 2.24) is 20.2 Å². The third-order valence-electron chi connectivity index (χ3n) is 6.27. The van der Waals surface area contributed by atoms with Crippen molar-refractivity contribution in [2.45, 2.75) is 18.9 Å². The molecule has 8 heteroatoms. The van der Waals surface area contributed by atoms with Crippen LogP contribution in [0.1, 0.15) is 23.3 Å². The number of aromatic nitrogens is 4. The predicted molar refractivity (Wildman–Crippen MR) is 133 cm³/mol. The molecule has 0 bridgehead atoms. The number of rotatable bonds is 5. The number of aromatic amines is 2. The maximum Gasteiger partial charge on any atom is 0.274 e. The average Bonchev–Trinajstić information content (AvgIpc) is 3.54. The fourth-order valence-corrected chi connectivity index (χ4v) is 4.53. The molecule has 6 rings (SSSR count). The molecule has 2 aromatic carbocycles. The summed E-state index contributed by atoms with van der Waals surface area (Å²) in [5.74, 6) is 0.427.